The number of halogens is 1. The van der Waals surface area contributed by atoms with Crippen LogP contribution in [0.2, 0.25) is 5.02 Å². The van der Waals surface area contributed by atoms with E-state index in [1.165, 1.54) is 12.1 Å². The van der Waals surface area contributed by atoms with E-state index in [9.17, 15) is 14.4 Å². The molecule has 0 radical (unpaired) electrons. The van der Waals surface area contributed by atoms with Gasteiger partial charge in [-0.25, -0.2) is 0 Å². The summed E-state index contributed by atoms with van der Waals surface area (Å²) in [5, 5.41) is 9.23. The highest BCUT2D eigenvalue weighted by molar-refractivity contribution is 6.32. The Morgan fingerprint density at radius 1 is 1.26 bits per heavy atom. The van der Waals surface area contributed by atoms with Gasteiger partial charge in [0.15, 0.2) is 11.5 Å². The summed E-state index contributed by atoms with van der Waals surface area (Å²) < 4.78 is 10.9. The molecule has 0 aliphatic carbocycles. The Balaban J connectivity index is 1.47. The van der Waals surface area contributed by atoms with Gasteiger partial charge in [-0.1, -0.05) is 23.7 Å². The number of hydrogen-bond donors (Lipinski definition) is 0. The van der Waals surface area contributed by atoms with Crippen molar-refractivity contribution in [3.8, 4) is 17.6 Å². The van der Waals surface area contributed by atoms with E-state index in [0.717, 1.165) is 0 Å². The first-order valence-corrected chi connectivity index (χ1v) is 11.5. The number of amides is 2. The SMILES string of the molecule is CCOc1cc(C#N)cc(Cl)c1OC(=O)CCCN1C(=O)c2ccccc2N2C(=O)CCC12C. The van der Waals surface area contributed by atoms with Crippen LogP contribution in [-0.4, -0.2) is 41.5 Å². The second-order valence-corrected chi connectivity index (χ2v) is 8.74. The van der Waals surface area contributed by atoms with Crippen LogP contribution >= 0.6 is 11.6 Å². The van der Waals surface area contributed by atoms with E-state index in [2.05, 4.69) is 0 Å². The van der Waals surface area contributed by atoms with E-state index in [0.29, 0.717) is 42.7 Å². The van der Waals surface area contributed by atoms with Crippen molar-refractivity contribution in [2.45, 2.75) is 45.2 Å². The van der Waals surface area contributed by atoms with Crippen molar-refractivity contribution in [3.63, 3.8) is 0 Å². The number of esters is 1. The Labute approximate surface area is 202 Å². The summed E-state index contributed by atoms with van der Waals surface area (Å²) in [6.07, 6.45) is 1.24. The van der Waals surface area contributed by atoms with Crippen molar-refractivity contribution in [1.82, 2.24) is 4.90 Å². The van der Waals surface area contributed by atoms with Crippen LogP contribution in [0.1, 0.15) is 55.5 Å². The molecule has 0 saturated carbocycles. The van der Waals surface area contributed by atoms with Crippen molar-refractivity contribution in [3.05, 3.63) is 52.5 Å². The summed E-state index contributed by atoms with van der Waals surface area (Å²) in [5.74, 6) is -0.441. The van der Waals surface area contributed by atoms with Gasteiger partial charge in [0.1, 0.15) is 5.66 Å². The Bertz CT molecular complexity index is 1210. The summed E-state index contributed by atoms with van der Waals surface area (Å²) in [7, 11) is 0. The number of para-hydroxylation sites is 1. The quantitative estimate of drug-likeness (QED) is 0.432. The third kappa shape index (κ3) is 4.08. The maximum Gasteiger partial charge on any atom is 0.311 e. The fourth-order valence-electron chi connectivity index (χ4n) is 4.58. The number of hydrogen-bond acceptors (Lipinski definition) is 6. The average Bonchev–Trinajstić information content (AvgIpc) is 3.13. The zero-order chi connectivity index (χ0) is 24.5. The first-order valence-electron chi connectivity index (χ1n) is 11.1. The van der Waals surface area contributed by atoms with Gasteiger partial charge in [-0.15, -0.1) is 0 Å². The zero-order valence-electron chi connectivity index (χ0n) is 19.0. The van der Waals surface area contributed by atoms with Gasteiger partial charge < -0.3 is 14.4 Å². The van der Waals surface area contributed by atoms with Crippen LogP contribution < -0.4 is 14.4 Å². The second kappa shape index (κ2) is 9.35. The predicted molar refractivity (Wildman–Crippen MR) is 125 cm³/mol. The molecule has 8 nitrogen and oxygen atoms in total. The number of nitrogens with zero attached hydrogens (tertiary/aromatic N) is 3. The fourth-order valence-corrected chi connectivity index (χ4v) is 4.83. The van der Waals surface area contributed by atoms with E-state index < -0.39 is 11.6 Å². The van der Waals surface area contributed by atoms with E-state index in [1.54, 1.807) is 34.9 Å². The molecule has 2 amide bonds. The first kappa shape index (κ1) is 23.6. The standard InChI is InChI=1S/C25H24ClN3O5/c1-3-33-20-14-16(15-27)13-18(26)23(20)34-22(31)9-6-12-28-24(32)17-7-4-5-8-19(17)29-21(30)10-11-25(28,29)2/h4-5,7-8,13-14H,3,6,9-12H2,1-2H3. The lowest BCUT2D eigenvalue weighted by molar-refractivity contribution is -0.134. The molecule has 1 fully saturated rings. The molecule has 176 valence electrons. The normalized spacial score (nSPS) is 18.9. The van der Waals surface area contributed by atoms with Gasteiger partial charge in [-0.3, -0.25) is 19.3 Å². The molecular weight excluding hydrogens is 458 g/mol. The van der Waals surface area contributed by atoms with Crippen molar-refractivity contribution in [1.29, 1.82) is 5.26 Å². The highest BCUT2D eigenvalue weighted by Gasteiger charge is 2.52. The molecule has 1 unspecified atom stereocenters. The van der Waals surface area contributed by atoms with Gasteiger partial charge in [0.05, 0.1) is 34.5 Å². The number of carbonyl (C=O) groups excluding carboxylic acids is 3. The molecule has 0 aromatic heterocycles. The average molecular weight is 482 g/mol. The van der Waals surface area contributed by atoms with Gasteiger partial charge in [0, 0.05) is 25.5 Å². The van der Waals surface area contributed by atoms with Crippen LogP contribution in [-0.2, 0) is 9.59 Å². The van der Waals surface area contributed by atoms with Crippen LogP contribution in [0.5, 0.6) is 11.5 Å². The fraction of sp³-hybridized carbons (Fsp3) is 0.360. The van der Waals surface area contributed by atoms with Gasteiger partial charge in [0.2, 0.25) is 5.91 Å². The maximum absolute atomic E-state index is 13.3. The second-order valence-electron chi connectivity index (χ2n) is 8.33. The topological polar surface area (TPSA) is 99.9 Å². The summed E-state index contributed by atoms with van der Waals surface area (Å²) in [5.41, 5.74) is 0.627. The molecule has 4 rings (SSSR count). The van der Waals surface area contributed by atoms with Gasteiger partial charge in [0.25, 0.3) is 5.91 Å². The zero-order valence-corrected chi connectivity index (χ0v) is 19.7. The number of fused-ring (bicyclic) bond motifs is 3. The molecule has 2 heterocycles. The summed E-state index contributed by atoms with van der Waals surface area (Å²) >= 11 is 6.21. The number of nitriles is 1. The van der Waals surface area contributed by atoms with Crippen molar-refractivity contribution in [2.24, 2.45) is 0 Å². The van der Waals surface area contributed by atoms with E-state index in [4.69, 9.17) is 26.3 Å². The van der Waals surface area contributed by atoms with Crippen molar-refractivity contribution < 1.29 is 23.9 Å². The molecule has 34 heavy (non-hydrogen) atoms. The van der Waals surface area contributed by atoms with E-state index >= 15 is 0 Å². The Hall–Kier alpha value is -3.57. The van der Waals surface area contributed by atoms with Gasteiger partial charge >= 0.3 is 5.97 Å². The molecule has 2 aliphatic rings. The number of anilines is 1. The lowest BCUT2D eigenvalue weighted by Gasteiger charge is -2.48. The smallest absolute Gasteiger partial charge is 0.311 e. The van der Waals surface area contributed by atoms with Crippen molar-refractivity contribution in [2.75, 3.05) is 18.1 Å². The predicted octanol–water partition coefficient (Wildman–Crippen LogP) is 4.29. The molecule has 0 N–H and O–H groups in total. The van der Waals surface area contributed by atoms with Crippen LogP contribution in [0.4, 0.5) is 5.69 Å². The minimum Gasteiger partial charge on any atom is -0.490 e. The highest BCUT2D eigenvalue weighted by atomic mass is 35.5. The molecule has 2 aromatic carbocycles. The maximum atomic E-state index is 13.3. The van der Waals surface area contributed by atoms with Crippen LogP contribution in [0.15, 0.2) is 36.4 Å². The molecule has 0 spiro atoms. The van der Waals surface area contributed by atoms with Crippen molar-refractivity contribution >= 4 is 35.1 Å². The molecule has 0 bridgehead atoms. The monoisotopic (exact) mass is 481 g/mol. The number of rotatable bonds is 7. The van der Waals surface area contributed by atoms with Crippen LogP contribution in [0.3, 0.4) is 0 Å². The largest absolute Gasteiger partial charge is 0.490 e. The number of ether oxygens (including phenoxy) is 2. The third-order valence-electron chi connectivity index (χ3n) is 6.16. The van der Waals surface area contributed by atoms with E-state index in [1.807, 2.05) is 19.1 Å². The Morgan fingerprint density at radius 3 is 2.76 bits per heavy atom. The molecule has 2 aromatic rings. The molecule has 1 saturated heterocycles. The molecule has 9 heteroatoms. The minimum absolute atomic E-state index is 0.0224. The molecule has 2 aliphatic heterocycles. The van der Waals surface area contributed by atoms with Crippen LogP contribution in [0.25, 0.3) is 0 Å². The lowest BCUT2D eigenvalue weighted by atomic mass is 9.98. The lowest BCUT2D eigenvalue weighted by Crippen LogP contribution is -2.62. The van der Waals surface area contributed by atoms with Gasteiger partial charge in [-0.05, 0) is 44.9 Å². The summed E-state index contributed by atoms with van der Waals surface area (Å²) in [6.45, 7) is 4.24. The first-order chi connectivity index (χ1) is 16.3. The summed E-state index contributed by atoms with van der Waals surface area (Å²) in [6, 6.07) is 11.9. The number of benzene rings is 2. The van der Waals surface area contributed by atoms with E-state index in [-0.39, 0.29) is 41.3 Å². The minimum atomic E-state index is -0.773. The Morgan fingerprint density at radius 2 is 2.03 bits per heavy atom. The van der Waals surface area contributed by atoms with Gasteiger partial charge in [-0.2, -0.15) is 5.26 Å². The highest BCUT2D eigenvalue weighted by Crippen LogP contribution is 2.44. The summed E-state index contributed by atoms with van der Waals surface area (Å²) in [4.78, 5) is 41.9. The molecular formula is C25H24ClN3O5. The molecule has 1 atom stereocenters. The van der Waals surface area contributed by atoms with Crippen LogP contribution in [0, 0.1) is 11.3 Å². The number of carbonyl (C=O) groups is 3. The Kier molecular flexibility index (Phi) is 6.49. The third-order valence-corrected chi connectivity index (χ3v) is 6.44.